The molecule has 1 aliphatic heterocycles. The van der Waals surface area contributed by atoms with E-state index in [1.165, 1.54) is 0 Å². The highest BCUT2D eigenvalue weighted by molar-refractivity contribution is 5.99. The van der Waals surface area contributed by atoms with Crippen molar-refractivity contribution in [3.8, 4) is 0 Å². The van der Waals surface area contributed by atoms with E-state index in [4.69, 9.17) is 29.4 Å². The first kappa shape index (κ1) is 103. The molecule has 40 heteroatoms. The number of hydrogen-bond acceptors (Lipinski definition) is 24. The highest BCUT2D eigenvalue weighted by Crippen LogP contribution is 2.16. The standard InChI is InChI=1S/C77H131N17O23/c1-44(2)42-54-65(105)88-51(33-39-81-69(109)114-74(8,9)10)62(102)87-53(35-41-83-71(111)116-76(14,15)16)64(104)92-57(45(3)95)66(106)79-37-31-49(61(101)86-50(32-38-80-68(108)113-73(5,6)7)60(100)84-48(59(99)90-54)30-29-47-26-22-20-23-27-47)85-63(103)52(34-40-82-70(110)115-75(11,12)13)89-67(107)58(46(4)96)91-55(97)43-94(56(98)28-24-21-25-36-78)93-72(112)117-77(17,18)19/h20,22-23,26-27,44-46,48-54,57-58,95-96H,21,24-25,28-43,78H2,1-19H3,(H,79,106)(H,80,108)(H,81,109)(H,82,110)(H,83,111)(H,84,100)(H,85,103)(H,86,101)(H,87,102)(H,88,105)(H,89,107)(H,90,99)(H,91,97)(H,92,104)(H,93,112)/t45-,46-,48-,49+,50+,51+,52+,53+,54+,57+,58+/m1/s1. The van der Waals surface area contributed by atoms with Crippen LogP contribution >= 0.6 is 0 Å². The average molecular weight is 1660 g/mol. The van der Waals surface area contributed by atoms with Gasteiger partial charge in [0.2, 0.25) is 65.0 Å². The van der Waals surface area contributed by atoms with Crippen LogP contribution < -0.4 is 85.6 Å². The summed E-state index contributed by atoms with van der Waals surface area (Å²) in [6, 6.07) is -7.37. The fraction of sp³-hybridized carbons (Fsp3) is 0.714. The molecule has 2 rings (SSSR count). The predicted molar refractivity (Wildman–Crippen MR) is 427 cm³/mol. The number of aliphatic hydroxyl groups excluding tert-OH is 2. The molecule has 0 saturated carbocycles. The van der Waals surface area contributed by atoms with Crippen LogP contribution in [0.25, 0.3) is 0 Å². The van der Waals surface area contributed by atoms with Gasteiger partial charge in [-0.05, 0) is 200 Å². The molecule has 19 N–H and O–H groups in total. The monoisotopic (exact) mass is 1660 g/mol. The number of benzene rings is 1. The summed E-state index contributed by atoms with van der Waals surface area (Å²) in [5.74, 6) is -12.4. The number of hydrogen-bond donors (Lipinski definition) is 18. The molecule has 1 fully saturated rings. The van der Waals surface area contributed by atoms with Gasteiger partial charge < -0.3 is 114 Å². The first-order valence-corrected chi connectivity index (χ1v) is 39.4. The van der Waals surface area contributed by atoms with Crippen LogP contribution in [0.2, 0.25) is 0 Å². The normalized spacial score (nSPS) is 19.6. The van der Waals surface area contributed by atoms with E-state index < -0.39 is 255 Å². The highest BCUT2D eigenvalue weighted by atomic mass is 16.6. The Hall–Kier alpha value is -10.4. The number of rotatable bonds is 31. The summed E-state index contributed by atoms with van der Waals surface area (Å²) in [7, 11) is 0. The highest BCUT2D eigenvalue weighted by Gasteiger charge is 2.39. The number of unbranched alkanes of at least 4 members (excludes halogenated alkanes) is 2. The molecule has 1 heterocycles. The molecule has 1 saturated heterocycles. The molecule has 16 amide bonds. The Labute approximate surface area is 684 Å². The Bertz CT molecular complexity index is 3480. The van der Waals surface area contributed by atoms with Crippen LogP contribution in [0.15, 0.2) is 30.3 Å². The van der Waals surface area contributed by atoms with Crippen LogP contribution in [-0.2, 0) is 82.8 Å². The number of aryl methyl sites for hydroxylation is 1. The lowest BCUT2D eigenvalue weighted by atomic mass is 10.00. The minimum atomic E-state index is -1.97. The van der Waals surface area contributed by atoms with Gasteiger partial charge in [0.05, 0.1) is 12.2 Å². The smallest absolute Gasteiger partial charge is 0.426 e. The number of carbonyl (C=O) groups excluding carboxylic acids is 16. The van der Waals surface area contributed by atoms with E-state index in [1.807, 2.05) is 0 Å². The fourth-order valence-electron chi connectivity index (χ4n) is 10.9. The number of nitrogens with one attached hydrogen (secondary N) is 15. The Morgan fingerprint density at radius 2 is 0.906 bits per heavy atom. The van der Waals surface area contributed by atoms with Gasteiger partial charge in [-0.3, -0.25) is 52.7 Å². The molecule has 1 aromatic carbocycles. The van der Waals surface area contributed by atoms with Gasteiger partial charge in [-0.2, -0.15) is 0 Å². The average Bonchev–Trinajstić information content (AvgIpc) is 0.961. The van der Waals surface area contributed by atoms with Crippen molar-refractivity contribution < 1.29 is 111 Å². The van der Waals surface area contributed by atoms with Crippen molar-refractivity contribution in [1.82, 2.24) is 84.9 Å². The van der Waals surface area contributed by atoms with Gasteiger partial charge in [0.15, 0.2) is 0 Å². The van der Waals surface area contributed by atoms with Gasteiger partial charge >= 0.3 is 30.5 Å². The molecule has 0 radical (unpaired) electrons. The molecule has 11 atom stereocenters. The minimum Gasteiger partial charge on any atom is -0.444 e. The number of alkyl carbamates (subject to hydrolysis) is 4. The summed E-state index contributed by atoms with van der Waals surface area (Å²) < 4.78 is 26.9. The summed E-state index contributed by atoms with van der Waals surface area (Å²) in [4.78, 5) is 227. The van der Waals surface area contributed by atoms with Crippen molar-refractivity contribution in [3.63, 3.8) is 0 Å². The number of nitrogens with two attached hydrogens (primary N) is 1. The minimum absolute atomic E-state index is 0.0979. The number of amides is 16. The number of ether oxygens (including phenoxy) is 5. The van der Waals surface area contributed by atoms with Crippen LogP contribution in [0, 0.1) is 5.92 Å². The van der Waals surface area contributed by atoms with E-state index in [9.17, 15) is 67.7 Å². The molecular weight excluding hydrogens is 1530 g/mol. The van der Waals surface area contributed by atoms with Crippen LogP contribution in [0.4, 0.5) is 24.0 Å². The lowest BCUT2D eigenvalue weighted by molar-refractivity contribution is -0.140. The van der Waals surface area contributed by atoms with Crippen molar-refractivity contribution in [1.29, 1.82) is 0 Å². The van der Waals surface area contributed by atoms with Crippen LogP contribution in [0.5, 0.6) is 0 Å². The molecule has 662 valence electrons. The van der Waals surface area contributed by atoms with Gasteiger partial charge in [0, 0.05) is 39.1 Å². The third-order valence-corrected chi connectivity index (χ3v) is 16.3. The quantitative estimate of drug-likeness (QED) is 0.0277. The molecule has 0 spiro atoms. The zero-order valence-electron chi connectivity index (χ0n) is 71.2. The third kappa shape index (κ3) is 44.5. The Morgan fingerprint density at radius 3 is 1.33 bits per heavy atom. The van der Waals surface area contributed by atoms with Crippen LogP contribution in [-0.4, -0.2) is 251 Å². The summed E-state index contributed by atoms with van der Waals surface area (Å²) in [5.41, 5.74) is 3.44. The maximum atomic E-state index is 15.3. The largest absolute Gasteiger partial charge is 0.444 e. The van der Waals surface area contributed by atoms with Crippen LogP contribution in [0.1, 0.15) is 208 Å². The maximum Gasteiger partial charge on any atom is 0.426 e. The van der Waals surface area contributed by atoms with E-state index in [0.717, 1.165) is 13.8 Å². The number of aliphatic hydroxyl groups is 2. The summed E-state index contributed by atoms with van der Waals surface area (Å²) >= 11 is 0. The number of carbonyl (C=O) groups is 16. The number of hydrazine groups is 1. The van der Waals surface area contributed by atoms with Gasteiger partial charge in [-0.1, -0.05) is 50.6 Å². The second-order valence-corrected chi connectivity index (χ2v) is 33.7. The van der Waals surface area contributed by atoms with E-state index in [2.05, 4.69) is 79.9 Å². The van der Waals surface area contributed by atoms with Gasteiger partial charge in [-0.15, -0.1) is 0 Å². The summed E-state index contributed by atoms with van der Waals surface area (Å²) in [5, 5.41) is 58.3. The van der Waals surface area contributed by atoms with Crippen molar-refractivity contribution >= 4 is 95.4 Å². The molecule has 0 bridgehead atoms. The first-order chi connectivity index (χ1) is 54.1. The zero-order chi connectivity index (χ0) is 88.9. The Balaban J connectivity index is 3.11. The zero-order valence-corrected chi connectivity index (χ0v) is 71.2. The van der Waals surface area contributed by atoms with Crippen molar-refractivity contribution in [2.45, 2.75) is 303 Å². The molecule has 0 unspecified atom stereocenters. The van der Waals surface area contributed by atoms with Gasteiger partial charge in [-0.25, -0.2) is 34.4 Å². The van der Waals surface area contributed by atoms with E-state index in [0.29, 0.717) is 36.4 Å². The Morgan fingerprint density at radius 1 is 0.496 bits per heavy atom. The third-order valence-electron chi connectivity index (χ3n) is 16.3. The lowest BCUT2D eigenvalue weighted by Crippen LogP contribution is -2.62. The van der Waals surface area contributed by atoms with E-state index >= 15 is 19.2 Å². The molecular formula is C77H131N17O23. The van der Waals surface area contributed by atoms with Crippen LogP contribution in [0.3, 0.4) is 0 Å². The van der Waals surface area contributed by atoms with Gasteiger partial charge in [0.25, 0.3) is 0 Å². The summed E-state index contributed by atoms with van der Waals surface area (Å²) in [6.45, 7) is 26.4. The van der Waals surface area contributed by atoms with E-state index in [-0.39, 0.29) is 38.1 Å². The first-order valence-electron chi connectivity index (χ1n) is 39.4. The topological polar surface area (TPSA) is 569 Å². The molecule has 0 aliphatic carbocycles. The van der Waals surface area contributed by atoms with Crippen molar-refractivity contribution in [2.24, 2.45) is 11.7 Å². The predicted octanol–water partition coefficient (Wildman–Crippen LogP) is 0.757. The maximum absolute atomic E-state index is 15.3. The van der Waals surface area contributed by atoms with Crippen molar-refractivity contribution in [3.05, 3.63) is 35.9 Å². The fourth-order valence-corrected chi connectivity index (χ4v) is 10.9. The Kier molecular flexibility index (Phi) is 43.0. The van der Waals surface area contributed by atoms with Crippen molar-refractivity contribution in [2.75, 3.05) is 45.8 Å². The molecule has 1 aliphatic rings. The molecule has 117 heavy (non-hydrogen) atoms. The second-order valence-electron chi connectivity index (χ2n) is 33.7. The second kappa shape index (κ2) is 49.0. The lowest BCUT2D eigenvalue weighted by Gasteiger charge is -2.29. The van der Waals surface area contributed by atoms with E-state index in [1.54, 1.807) is 148 Å². The van der Waals surface area contributed by atoms with Gasteiger partial charge in [0.1, 0.15) is 88.9 Å². The molecule has 0 aromatic heterocycles. The molecule has 1 aromatic rings. The summed E-state index contributed by atoms with van der Waals surface area (Å²) in [6.07, 6.45) is -10.1. The SMILES string of the molecule is CC(C)C[C@@H]1NC(=O)[C@@H](CCc2ccccc2)NC(=O)[C@H](CCNC(=O)OC(C)(C)C)NC(=O)[C@@H](NC(=O)[C@H](CCNC(=O)OC(C)(C)C)NC(=O)[C@@H](NC(=O)CN(NC(=O)OC(C)(C)C)C(=O)CCCCCN)[C@@H](C)O)CCNC(=O)[C@H]([C@@H](C)O)NC(=O)[C@H](CCNC(=O)OC(C)(C)C)NC(=O)[C@H](CCNC(=O)OC(C)(C)C)NC1=O. The molecule has 40 nitrogen and oxygen atoms in total. The number of nitrogens with zero attached hydrogens (tertiary/aromatic N) is 1.